The molecule has 84 valence electrons. The number of carbonyl (C=O) groups excluding carboxylic acids is 2. The summed E-state index contributed by atoms with van der Waals surface area (Å²) in [6.07, 6.45) is 0.888. The summed E-state index contributed by atoms with van der Waals surface area (Å²) in [4.78, 5) is 23.1. The number of aryl methyl sites for hydroxylation is 1. The maximum Gasteiger partial charge on any atom is 0.347 e. The van der Waals surface area contributed by atoms with Crippen LogP contribution in [-0.4, -0.2) is 11.9 Å². The quantitative estimate of drug-likeness (QED) is 0.554. The molecule has 0 radical (unpaired) electrons. The number of esters is 2. The third-order valence-electron chi connectivity index (χ3n) is 3.14. The number of hydrogen-bond donors (Lipinski definition) is 0. The molecule has 0 fully saturated rings. The Hall–Kier alpha value is -2.16. The van der Waals surface area contributed by atoms with Crippen LogP contribution in [0.3, 0.4) is 0 Å². The first-order valence-electron chi connectivity index (χ1n) is 5.53. The fourth-order valence-corrected chi connectivity index (χ4v) is 2.31. The van der Waals surface area contributed by atoms with E-state index in [9.17, 15) is 9.59 Å². The molecule has 3 nitrogen and oxygen atoms in total. The van der Waals surface area contributed by atoms with Gasteiger partial charge in [-0.15, -0.1) is 0 Å². The van der Waals surface area contributed by atoms with Crippen LogP contribution < -0.4 is 0 Å². The second kappa shape index (κ2) is 3.42. The molecule has 2 aromatic rings. The van der Waals surface area contributed by atoms with E-state index in [0.717, 1.165) is 22.8 Å². The van der Waals surface area contributed by atoms with E-state index in [0.29, 0.717) is 11.1 Å². The summed E-state index contributed by atoms with van der Waals surface area (Å²) in [6, 6.07) is 9.33. The van der Waals surface area contributed by atoms with Crippen molar-refractivity contribution in [3.8, 4) is 0 Å². The van der Waals surface area contributed by atoms with Crippen molar-refractivity contribution in [1.29, 1.82) is 0 Å². The van der Waals surface area contributed by atoms with Crippen molar-refractivity contribution in [3.63, 3.8) is 0 Å². The maximum absolute atomic E-state index is 11.6. The predicted octanol–water partition coefficient (Wildman–Crippen LogP) is 2.71. The van der Waals surface area contributed by atoms with Gasteiger partial charge in [-0.1, -0.05) is 31.2 Å². The summed E-state index contributed by atoms with van der Waals surface area (Å²) in [7, 11) is 0. The summed E-state index contributed by atoms with van der Waals surface area (Å²) < 4.78 is 4.64. The van der Waals surface area contributed by atoms with Crippen LogP contribution in [0.1, 0.15) is 33.2 Å². The van der Waals surface area contributed by atoms with Gasteiger partial charge in [0.2, 0.25) is 0 Å². The third-order valence-corrected chi connectivity index (χ3v) is 3.14. The van der Waals surface area contributed by atoms with E-state index in [2.05, 4.69) is 11.7 Å². The van der Waals surface area contributed by atoms with E-state index in [-0.39, 0.29) is 0 Å². The van der Waals surface area contributed by atoms with Gasteiger partial charge in [-0.05, 0) is 28.8 Å². The minimum Gasteiger partial charge on any atom is -0.386 e. The molecule has 3 heteroatoms. The van der Waals surface area contributed by atoms with Crippen LogP contribution in [0.15, 0.2) is 30.3 Å². The van der Waals surface area contributed by atoms with E-state index < -0.39 is 11.9 Å². The van der Waals surface area contributed by atoms with Crippen LogP contribution in [0.2, 0.25) is 0 Å². The van der Waals surface area contributed by atoms with Crippen LogP contribution >= 0.6 is 0 Å². The van der Waals surface area contributed by atoms with Gasteiger partial charge in [-0.3, -0.25) is 0 Å². The lowest BCUT2D eigenvalue weighted by atomic mass is 9.96. The van der Waals surface area contributed by atoms with Gasteiger partial charge in [0.05, 0.1) is 11.1 Å². The smallest absolute Gasteiger partial charge is 0.347 e. The van der Waals surface area contributed by atoms with Gasteiger partial charge in [-0.25, -0.2) is 9.59 Å². The zero-order chi connectivity index (χ0) is 12.0. The van der Waals surface area contributed by atoms with Crippen molar-refractivity contribution in [2.75, 3.05) is 0 Å². The number of fused-ring (bicyclic) bond motifs is 3. The molecule has 0 aromatic heterocycles. The molecule has 2 aromatic carbocycles. The van der Waals surface area contributed by atoms with Gasteiger partial charge in [0.15, 0.2) is 0 Å². The molecule has 0 bridgehead atoms. The van der Waals surface area contributed by atoms with Crippen molar-refractivity contribution in [3.05, 3.63) is 47.0 Å². The lowest BCUT2D eigenvalue weighted by Crippen LogP contribution is -1.97. The number of rotatable bonds is 1. The summed E-state index contributed by atoms with van der Waals surface area (Å²) in [5.41, 5.74) is 1.94. The minimum absolute atomic E-state index is 0.371. The number of carbonyl (C=O) groups is 2. The molecule has 0 saturated heterocycles. The van der Waals surface area contributed by atoms with Crippen LogP contribution in [-0.2, 0) is 11.2 Å². The molecule has 0 spiro atoms. The highest BCUT2D eigenvalue weighted by Gasteiger charge is 2.31. The highest BCUT2D eigenvalue weighted by atomic mass is 16.6. The van der Waals surface area contributed by atoms with Crippen molar-refractivity contribution in [2.24, 2.45) is 0 Å². The molecular weight excluding hydrogens is 216 g/mol. The standard InChI is InChI=1S/C14H10O3/c1-2-8-4-3-5-10-9(8)6-7-11-12(10)14(16)17-13(11)15/h3-7H,2H2,1H3. The van der Waals surface area contributed by atoms with Gasteiger partial charge >= 0.3 is 11.9 Å². The van der Waals surface area contributed by atoms with Crippen molar-refractivity contribution >= 4 is 22.7 Å². The van der Waals surface area contributed by atoms with E-state index in [1.807, 2.05) is 24.3 Å². The highest BCUT2D eigenvalue weighted by molar-refractivity contribution is 6.21. The van der Waals surface area contributed by atoms with Crippen molar-refractivity contribution < 1.29 is 14.3 Å². The molecule has 1 aliphatic rings. The first-order valence-corrected chi connectivity index (χ1v) is 5.53. The molecule has 3 rings (SSSR count). The van der Waals surface area contributed by atoms with Gasteiger partial charge in [0.1, 0.15) is 0 Å². The zero-order valence-electron chi connectivity index (χ0n) is 9.32. The average Bonchev–Trinajstić information content (AvgIpc) is 2.64. The molecule has 0 N–H and O–H groups in total. The Balaban J connectivity index is 2.44. The maximum atomic E-state index is 11.6. The summed E-state index contributed by atoms with van der Waals surface area (Å²) in [5.74, 6) is -1.09. The number of cyclic esters (lactones) is 2. The molecule has 1 heterocycles. The van der Waals surface area contributed by atoms with E-state index >= 15 is 0 Å². The van der Waals surface area contributed by atoms with Crippen LogP contribution in [0.5, 0.6) is 0 Å². The highest BCUT2D eigenvalue weighted by Crippen LogP contribution is 2.30. The van der Waals surface area contributed by atoms with Crippen molar-refractivity contribution in [1.82, 2.24) is 0 Å². The molecule has 0 unspecified atom stereocenters. The van der Waals surface area contributed by atoms with Crippen LogP contribution in [0, 0.1) is 0 Å². The van der Waals surface area contributed by atoms with Gasteiger partial charge in [-0.2, -0.15) is 0 Å². The number of benzene rings is 2. The molecular formula is C14H10O3. The Bertz CT molecular complexity index is 656. The van der Waals surface area contributed by atoms with E-state index in [1.54, 1.807) is 6.07 Å². The molecule has 0 saturated carbocycles. The molecule has 17 heavy (non-hydrogen) atoms. The Labute approximate surface area is 98.0 Å². The first-order chi connectivity index (χ1) is 8.22. The monoisotopic (exact) mass is 226 g/mol. The summed E-state index contributed by atoms with van der Waals surface area (Å²) in [5, 5.41) is 1.82. The topological polar surface area (TPSA) is 43.4 Å². The van der Waals surface area contributed by atoms with E-state index in [4.69, 9.17) is 0 Å². The average molecular weight is 226 g/mol. The van der Waals surface area contributed by atoms with Crippen LogP contribution in [0.25, 0.3) is 10.8 Å². The Morgan fingerprint density at radius 1 is 1.00 bits per heavy atom. The second-order valence-electron chi connectivity index (χ2n) is 4.03. The molecule has 0 atom stereocenters. The fraction of sp³-hybridized carbons (Fsp3) is 0.143. The molecule has 1 aliphatic heterocycles. The fourth-order valence-electron chi connectivity index (χ4n) is 2.31. The predicted molar refractivity (Wildman–Crippen MR) is 63.1 cm³/mol. The van der Waals surface area contributed by atoms with Gasteiger partial charge in [0.25, 0.3) is 0 Å². The van der Waals surface area contributed by atoms with E-state index in [1.165, 1.54) is 0 Å². The summed E-state index contributed by atoms with van der Waals surface area (Å²) in [6.45, 7) is 2.06. The SMILES string of the molecule is CCc1cccc2c3c(ccc12)C(=O)OC3=O. The van der Waals surface area contributed by atoms with Gasteiger partial charge in [0, 0.05) is 0 Å². The minimum atomic E-state index is -0.547. The Morgan fingerprint density at radius 2 is 1.82 bits per heavy atom. The largest absolute Gasteiger partial charge is 0.386 e. The first kappa shape index (κ1) is 10.0. The molecule has 0 amide bonds. The third kappa shape index (κ3) is 1.29. The lowest BCUT2D eigenvalue weighted by Gasteiger charge is -2.05. The second-order valence-corrected chi connectivity index (χ2v) is 4.03. The molecule has 0 aliphatic carbocycles. The lowest BCUT2D eigenvalue weighted by molar-refractivity contribution is 0.0444. The van der Waals surface area contributed by atoms with Crippen LogP contribution in [0.4, 0.5) is 0 Å². The number of hydrogen-bond acceptors (Lipinski definition) is 3. The van der Waals surface area contributed by atoms with Crippen molar-refractivity contribution in [2.45, 2.75) is 13.3 Å². The van der Waals surface area contributed by atoms with Gasteiger partial charge < -0.3 is 4.74 Å². The Kier molecular flexibility index (Phi) is 2.01. The zero-order valence-corrected chi connectivity index (χ0v) is 9.32. The Morgan fingerprint density at radius 3 is 2.59 bits per heavy atom. The normalized spacial score (nSPS) is 13.9. The number of ether oxygens (including phenoxy) is 1. The summed E-state index contributed by atoms with van der Waals surface area (Å²) >= 11 is 0.